The zero-order valence-electron chi connectivity index (χ0n) is 36.5. The molecule has 2 unspecified atom stereocenters. The lowest BCUT2D eigenvalue weighted by Crippen LogP contribution is -2.40. The fourth-order valence-corrected chi connectivity index (χ4v) is 7.68. The molecule has 0 spiro atoms. The number of carbonyl (C=O) groups is 8. The molecule has 0 aromatic rings. The van der Waals surface area contributed by atoms with Crippen molar-refractivity contribution < 1.29 is 67.5 Å². The second kappa shape index (κ2) is 37.2. The maximum absolute atomic E-state index is 13.2. The summed E-state index contributed by atoms with van der Waals surface area (Å²) in [6.07, 6.45) is 12.8. The molecule has 0 aliphatic heterocycles. The number of carboxylic acids is 2. The summed E-state index contributed by atoms with van der Waals surface area (Å²) in [6.45, 7) is 5.03. The normalized spacial score (nSPS) is 11.9. The average Bonchev–Trinajstić information content (AvgIpc) is 3.20. The number of hydrogen-bond acceptors (Lipinski definition) is 14. The largest absolute Gasteiger partial charge is 0.480 e. The highest BCUT2D eigenvalue weighted by molar-refractivity contribution is 7.99. The van der Waals surface area contributed by atoms with Crippen LogP contribution in [0.25, 0.3) is 0 Å². The molecule has 0 aliphatic rings. The van der Waals surface area contributed by atoms with Crippen LogP contribution < -0.4 is 0 Å². The van der Waals surface area contributed by atoms with E-state index in [9.17, 15) is 38.4 Å². The first kappa shape index (κ1) is 56.5. The van der Waals surface area contributed by atoms with Gasteiger partial charge in [-0.25, -0.2) is 0 Å². The fraction of sp³-hybridized carbons (Fsp3) is 0.810. The van der Waals surface area contributed by atoms with Crippen LogP contribution in [0.2, 0.25) is 0 Å². The SMILES string of the molecule is CCCCCCCCSCC(C)C(=O)OCCOC(=O)CCN(CCC(=O)OCCOC(=O)C(C)CSCCCCCCCC)C(=O)CCC(=O)N(CC(=O)O)CC(=O)O. The summed E-state index contributed by atoms with van der Waals surface area (Å²) in [7, 11) is 0. The zero-order chi connectivity index (χ0) is 45.0. The van der Waals surface area contributed by atoms with E-state index in [0.717, 1.165) is 29.2 Å². The number of rotatable bonds is 39. The van der Waals surface area contributed by atoms with Crippen molar-refractivity contribution in [3.63, 3.8) is 0 Å². The zero-order valence-corrected chi connectivity index (χ0v) is 38.1. The number of carbonyl (C=O) groups excluding carboxylic acids is 6. The predicted octanol–water partition coefficient (Wildman–Crippen LogP) is 6.01. The van der Waals surface area contributed by atoms with E-state index in [-0.39, 0.29) is 64.2 Å². The van der Waals surface area contributed by atoms with Gasteiger partial charge in [-0.1, -0.05) is 91.9 Å². The third-order valence-electron chi connectivity index (χ3n) is 9.09. The quantitative estimate of drug-likeness (QED) is 0.0410. The minimum absolute atomic E-state index is 0.150. The van der Waals surface area contributed by atoms with Crippen molar-refractivity contribution in [1.29, 1.82) is 0 Å². The van der Waals surface area contributed by atoms with Gasteiger partial charge in [0, 0.05) is 37.4 Å². The van der Waals surface area contributed by atoms with E-state index in [2.05, 4.69) is 13.8 Å². The van der Waals surface area contributed by atoms with Crippen LogP contribution in [0.4, 0.5) is 0 Å². The number of carboxylic acid groups (broad SMARTS) is 2. The highest BCUT2D eigenvalue weighted by Crippen LogP contribution is 2.16. The van der Waals surface area contributed by atoms with E-state index in [1.54, 1.807) is 37.4 Å². The van der Waals surface area contributed by atoms with Gasteiger partial charge in [0.15, 0.2) is 0 Å². The van der Waals surface area contributed by atoms with Crippen LogP contribution >= 0.6 is 23.5 Å². The summed E-state index contributed by atoms with van der Waals surface area (Å²) in [5.74, 6) is -4.08. The van der Waals surface area contributed by atoms with Crippen molar-refractivity contribution in [2.75, 3.05) is 75.6 Å². The lowest BCUT2D eigenvalue weighted by atomic mass is 10.1. The fourth-order valence-electron chi connectivity index (χ4n) is 5.55. The van der Waals surface area contributed by atoms with Crippen LogP contribution in [0.3, 0.4) is 0 Å². The predicted molar refractivity (Wildman–Crippen MR) is 230 cm³/mol. The lowest BCUT2D eigenvalue weighted by molar-refractivity contribution is -0.155. The third kappa shape index (κ3) is 32.3. The van der Waals surface area contributed by atoms with Crippen molar-refractivity contribution >= 4 is 71.2 Å². The second-order valence-corrected chi connectivity index (χ2v) is 17.0. The van der Waals surface area contributed by atoms with Gasteiger partial charge < -0.3 is 39.0 Å². The molecule has 16 nitrogen and oxygen atoms in total. The number of thioether (sulfide) groups is 2. The Morgan fingerprint density at radius 3 is 1.22 bits per heavy atom. The molecular formula is C42H72N2O14S2. The topological polar surface area (TPSA) is 220 Å². The summed E-state index contributed by atoms with van der Waals surface area (Å²) in [5, 5.41) is 18.1. The molecule has 0 radical (unpaired) electrons. The summed E-state index contributed by atoms with van der Waals surface area (Å²) in [5.41, 5.74) is 0. The first-order valence-electron chi connectivity index (χ1n) is 21.5. The first-order chi connectivity index (χ1) is 28.7. The molecule has 2 amide bonds. The minimum Gasteiger partial charge on any atom is -0.480 e. The third-order valence-corrected chi connectivity index (χ3v) is 11.7. The molecule has 0 aromatic carbocycles. The van der Waals surface area contributed by atoms with E-state index in [0.29, 0.717) is 16.4 Å². The molecule has 2 N–H and O–H groups in total. The van der Waals surface area contributed by atoms with Gasteiger partial charge in [0.2, 0.25) is 11.8 Å². The Hall–Kier alpha value is -3.54. The monoisotopic (exact) mass is 892 g/mol. The van der Waals surface area contributed by atoms with Crippen LogP contribution in [0.15, 0.2) is 0 Å². The number of amides is 2. The molecule has 0 saturated heterocycles. The lowest BCUT2D eigenvalue weighted by Gasteiger charge is -2.23. The number of unbranched alkanes of at least 4 members (excludes halogenated alkanes) is 10. The molecule has 346 valence electrons. The van der Waals surface area contributed by atoms with Gasteiger partial charge in [-0.15, -0.1) is 0 Å². The Balaban J connectivity index is 4.89. The van der Waals surface area contributed by atoms with E-state index in [1.165, 1.54) is 64.2 Å². The molecule has 0 bridgehead atoms. The Kier molecular flexibility index (Phi) is 35.0. The molecule has 60 heavy (non-hydrogen) atoms. The summed E-state index contributed by atoms with van der Waals surface area (Å²) in [6, 6.07) is 0. The average molecular weight is 893 g/mol. The molecular weight excluding hydrogens is 821 g/mol. The Morgan fingerprint density at radius 1 is 0.483 bits per heavy atom. The van der Waals surface area contributed by atoms with Crippen LogP contribution in [-0.4, -0.2) is 143 Å². The Morgan fingerprint density at radius 2 is 0.833 bits per heavy atom. The van der Waals surface area contributed by atoms with E-state index in [4.69, 9.17) is 29.2 Å². The van der Waals surface area contributed by atoms with Gasteiger partial charge in [0.1, 0.15) is 39.5 Å². The summed E-state index contributed by atoms with van der Waals surface area (Å²) >= 11 is 3.41. The van der Waals surface area contributed by atoms with Crippen LogP contribution in [0.5, 0.6) is 0 Å². The van der Waals surface area contributed by atoms with Crippen LogP contribution in [0, 0.1) is 11.8 Å². The van der Waals surface area contributed by atoms with Crippen molar-refractivity contribution in [3.05, 3.63) is 0 Å². The molecule has 0 aromatic heterocycles. The van der Waals surface area contributed by atoms with Crippen molar-refractivity contribution in [1.82, 2.24) is 9.80 Å². The first-order valence-corrected chi connectivity index (χ1v) is 23.8. The van der Waals surface area contributed by atoms with Gasteiger partial charge in [0.05, 0.1) is 24.7 Å². The number of hydrogen-bond donors (Lipinski definition) is 2. The Labute approximate surface area is 365 Å². The maximum Gasteiger partial charge on any atom is 0.323 e. The molecule has 2 atom stereocenters. The van der Waals surface area contributed by atoms with E-state index in [1.807, 2.05) is 0 Å². The van der Waals surface area contributed by atoms with Crippen LogP contribution in [0.1, 0.15) is 130 Å². The van der Waals surface area contributed by atoms with E-state index >= 15 is 0 Å². The van der Waals surface area contributed by atoms with Gasteiger partial charge >= 0.3 is 35.8 Å². The molecule has 0 rings (SSSR count). The number of ether oxygens (including phenoxy) is 4. The highest BCUT2D eigenvalue weighted by atomic mass is 32.2. The molecule has 0 heterocycles. The Bertz CT molecular complexity index is 1190. The number of nitrogens with zero attached hydrogens (tertiary/aromatic N) is 2. The molecule has 0 fully saturated rings. The maximum atomic E-state index is 13.2. The van der Waals surface area contributed by atoms with Gasteiger partial charge in [-0.05, 0) is 24.3 Å². The van der Waals surface area contributed by atoms with Gasteiger partial charge in [-0.2, -0.15) is 23.5 Å². The highest BCUT2D eigenvalue weighted by Gasteiger charge is 2.24. The smallest absolute Gasteiger partial charge is 0.323 e. The molecule has 0 aliphatic carbocycles. The number of aliphatic carboxylic acids is 2. The molecule has 18 heteroatoms. The van der Waals surface area contributed by atoms with Crippen molar-refractivity contribution in [2.45, 2.75) is 130 Å². The summed E-state index contributed by atoms with van der Waals surface area (Å²) in [4.78, 5) is 99.5. The van der Waals surface area contributed by atoms with Gasteiger partial charge in [0.25, 0.3) is 0 Å². The van der Waals surface area contributed by atoms with Gasteiger partial charge in [-0.3, -0.25) is 38.4 Å². The second-order valence-electron chi connectivity index (χ2n) is 14.7. The van der Waals surface area contributed by atoms with Crippen molar-refractivity contribution in [3.8, 4) is 0 Å². The molecule has 0 saturated carbocycles. The minimum atomic E-state index is -1.43. The number of esters is 4. The van der Waals surface area contributed by atoms with Crippen LogP contribution in [-0.2, 0) is 57.3 Å². The van der Waals surface area contributed by atoms with Crippen molar-refractivity contribution in [2.24, 2.45) is 11.8 Å². The van der Waals surface area contributed by atoms with E-state index < -0.39 is 73.6 Å². The summed E-state index contributed by atoms with van der Waals surface area (Å²) < 4.78 is 20.8. The standard InChI is InChI=1S/C42H72N2O14S2/c1-5-7-9-11-13-15-27-59-31-33(3)41(53)57-25-23-55-39(51)19-21-43(35(45)17-18-36(46)44(29-37(47)48)30-38(49)50)22-20-40(52)56-24-26-58-42(54)34(4)32-60-28-16-14-12-10-8-6-2/h33-34H,5-32H2,1-4H3,(H,47,48)(H,49,50).